The lowest BCUT2D eigenvalue weighted by Crippen LogP contribution is -2.62. The first kappa shape index (κ1) is 26.1. The molecule has 3 fully saturated rings. The topological polar surface area (TPSA) is 37.2 Å². The Morgan fingerprint density at radius 2 is 1.70 bits per heavy atom. The summed E-state index contributed by atoms with van der Waals surface area (Å²) in [4.78, 5) is 3.36. The van der Waals surface area contributed by atoms with Crippen LogP contribution in [0.5, 0.6) is 0 Å². The van der Waals surface area contributed by atoms with Crippen LogP contribution >= 0.6 is 11.6 Å². The minimum absolute atomic E-state index is 0.0332. The van der Waals surface area contributed by atoms with Crippen molar-refractivity contribution < 1.29 is 26.3 Å². The molecule has 0 unspecified atom stereocenters. The Kier molecular flexibility index (Phi) is 5.78. The van der Waals surface area contributed by atoms with Crippen LogP contribution in [0.15, 0.2) is 36.4 Å². The molecule has 2 aromatic carbocycles. The van der Waals surface area contributed by atoms with Crippen LogP contribution in [0.4, 0.5) is 32.0 Å². The predicted molar refractivity (Wildman–Crippen MR) is 136 cm³/mol. The highest BCUT2D eigenvalue weighted by atomic mass is 35.5. The fourth-order valence-electron chi connectivity index (χ4n) is 6.74. The molecular weight excluding hydrogens is 556 g/mol. The zero-order valence-corrected chi connectivity index (χ0v) is 22.1. The van der Waals surface area contributed by atoms with Crippen LogP contribution in [0.2, 0.25) is 5.02 Å². The Morgan fingerprint density at radius 3 is 2.40 bits per heavy atom. The van der Waals surface area contributed by atoms with Gasteiger partial charge in [-0.2, -0.15) is 13.2 Å². The standard InChI is InChI=1S/C28H26ClF6N5/c29-19-6-7-21-16(8-19)11-38(15-27(31,32)18-4-5-18)12-23-36-37-25(40(21)23)17-9-26(10-17)13-39(14-26)22-3-1-2-20(24(22)30)28(33,34)35/h1-3,6-8,17-18H,4-5,9-15H2. The first-order chi connectivity index (χ1) is 18.9. The van der Waals surface area contributed by atoms with Crippen molar-refractivity contribution in [2.75, 3.05) is 24.5 Å². The predicted octanol–water partition coefficient (Wildman–Crippen LogP) is 6.82. The molecule has 0 amide bonds. The zero-order chi connectivity index (χ0) is 28.0. The average molecular weight is 582 g/mol. The number of aromatic nitrogens is 3. The second kappa shape index (κ2) is 8.85. The Hall–Kier alpha value is -2.79. The van der Waals surface area contributed by atoms with E-state index < -0.39 is 29.4 Å². The fourth-order valence-corrected chi connectivity index (χ4v) is 6.94. The summed E-state index contributed by atoms with van der Waals surface area (Å²) in [5.74, 6) is -3.21. The first-order valence-electron chi connectivity index (χ1n) is 13.4. The Morgan fingerprint density at radius 1 is 0.950 bits per heavy atom. The highest BCUT2D eigenvalue weighted by molar-refractivity contribution is 6.30. The van der Waals surface area contributed by atoms with Crippen molar-refractivity contribution in [1.29, 1.82) is 0 Å². The maximum Gasteiger partial charge on any atom is 0.419 e. The Bertz CT molecular complexity index is 1470. The van der Waals surface area contributed by atoms with Gasteiger partial charge < -0.3 is 4.90 Å². The number of hydrogen-bond donors (Lipinski definition) is 0. The second-order valence-electron chi connectivity index (χ2n) is 11.9. The highest BCUT2D eigenvalue weighted by Gasteiger charge is 2.55. The van der Waals surface area contributed by atoms with E-state index in [4.69, 9.17) is 11.6 Å². The van der Waals surface area contributed by atoms with Crippen molar-refractivity contribution in [3.05, 3.63) is 70.0 Å². The summed E-state index contributed by atoms with van der Waals surface area (Å²) in [5.41, 5.74) is 0.214. The van der Waals surface area contributed by atoms with Gasteiger partial charge in [-0.05, 0) is 61.6 Å². The molecule has 5 nitrogen and oxygen atoms in total. The molecule has 7 rings (SSSR count). The van der Waals surface area contributed by atoms with Crippen molar-refractivity contribution in [3.8, 4) is 5.69 Å². The lowest BCUT2D eigenvalue weighted by atomic mass is 9.57. The third-order valence-corrected chi connectivity index (χ3v) is 9.04. The van der Waals surface area contributed by atoms with E-state index in [2.05, 4.69) is 10.2 Å². The summed E-state index contributed by atoms with van der Waals surface area (Å²) in [7, 11) is 0. The molecule has 40 heavy (non-hydrogen) atoms. The molecule has 3 heterocycles. The van der Waals surface area contributed by atoms with Gasteiger partial charge in [0.2, 0.25) is 0 Å². The van der Waals surface area contributed by atoms with Gasteiger partial charge in [0.1, 0.15) is 5.82 Å². The number of fused-ring (bicyclic) bond motifs is 3. The molecule has 0 atom stereocenters. The molecule has 0 radical (unpaired) electrons. The zero-order valence-electron chi connectivity index (χ0n) is 21.4. The van der Waals surface area contributed by atoms with Crippen molar-refractivity contribution in [3.63, 3.8) is 0 Å². The molecule has 2 aliphatic carbocycles. The van der Waals surface area contributed by atoms with Gasteiger partial charge >= 0.3 is 6.18 Å². The summed E-state index contributed by atoms with van der Waals surface area (Å²) in [6, 6.07) is 8.80. The van der Waals surface area contributed by atoms with Gasteiger partial charge in [-0.15, -0.1) is 10.2 Å². The van der Waals surface area contributed by atoms with Crippen LogP contribution in [-0.4, -0.2) is 45.2 Å². The summed E-state index contributed by atoms with van der Waals surface area (Å²) in [6.45, 7) is 1.09. The molecule has 0 bridgehead atoms. The van der Waals surface area contributed by atoms with Gasteiger partial charge in [-0.3, -0.25) is 9.47 Å². The molecule has 4 aliphatic rings. The van der Waals surface area contributed by atoms with Gasteiger partial charge in [0.05, 0.1) is 30.0 Å². The largest absolute Gasteiger partial charge is 0.419 e. The van der Waals surface area contributed by atoms with E-state index >= 15 is 0 Å². The van der Waals surface area contributed by atoms with E-state index in [9.17, 15) is 26.3 Å². The van der Waals surface area contributed by atoms with Crippen molar-refractivity contribution in [1.82, 2.24) is 19.7 Å². The molecular formula is C28H26ClF6N5. The number of hydrogen-bond acceptors (Lipinski definition) is 4. The summed E-state index contributed by atoms with van der Waals surface area (Å²) < 4.78 is 85.6. The molecule has 212 valence electrons. The van der Waals surface area contributed by atoms with E-state index in [1.807, 2.05) is 10.6 Å². The smallest absolute Gasteiger partial charge is 0.368 e. The third-order valence-electron chi connectivity index (χ3n) is 8.81. The average Bonchev–Trinajstić information content (AvgIpc) is 3.62. The van der Waals surface area contributed by atoms with Gasteiger partial charge in [0.15, 0.2) is 11.6 Å². The number of benzene rings is 2. The lowest BCUT2D eigenvalue weighted by molar-refractivity contribution is -0.139. The van der Waals surface area contributed by atoms with Crippen molar-refractivity contribution in [2.24, 2.45) is 11.3 Å². The Labute approximate surface area is 231 Å². The molecule has 2 saturated carbocycles. The third kappa shape index (κ3) is 4.36. The van der Waals surface area contributed by atoms with E-state index in [0.717, 1.165) is 36.0 Å². The van der Waals surface area contributed by atoms with Gasteiger partial charge in [0, 0.05) is 41.9 Å². The van der Waals surface area contributed by atoms with E-state index in [-0.39, 0.29) is 30.1 Å². The Balaban J connectivity index is 1.11. The second-order valence-corrected chi connectivity index (χ2v) is 12.3. The van der Waals surface area contributed by atoms with Crippen LogP contribution in [0.3, 0.4) is 0 Å². The van der Waals surface area contributed by atoms with Crippen molar-refractivity contribution >= 4 is 17.3 Å². The SMILES string of the molecule is Fc1c(N2CC3(CC(c4nnc5n4-c4ccc(Cl)cc4CN(CC(F)(F)C4CC4)C5)C3)C2)cccc1C(F)(F)F. The first-order valence-corrected chi connectivity index (χ1v) is 13.7. The lowest BCUT2D eigenvalue weighted by Gasteiger charge is -2.59. The number of halogens is 7. The van der Waals surface area contributed by atoms with E-state index in [1.54, 1.807) is 21.9 Å². The van der Waals surface area contributed by atoms with Crippen molar-refractivity contribution in [2.45, 2.75) is 56.8 Å². The summed E-state index contributed by atoms with van der Waals surface area (Å²) >= 11 is 6.29. The highest BCUT2D eigenvalue weighted by Crippen LogP contribution is 2.57. The van der Waals surface area contributed by atoms with E-state index in [0.29, 0.717) is 43.3 Å². The maximum atomic E-state index is 14.8. The molecule has 1 saturated heterocycles. The van der Waals surface area contributed by atoms with Gasteiger partial charge in [-0.1, -0.05) is 17.7 Å². The number of anilines is 1. The van der Waals surface area contributed by atoms with Crippen LogP contribution in [0.25, 0.3) is 5.69 Å². The quantitative estimate of drug-likeness (QED) is 0.310. The summed E-state index contributed by atoms with van der Waals surface area (Å²) in [6.07, 6.45) is -2.20. The maximum absolute atomic E-state index is 14.8. The summed E-state index contributed by atoms with van der Waals surface area (Å²) in [5, 5.41) is 9.41. The molecule has 12 heteroatoms. The van der Waals surface area contributed by atoms with Crippen LogP contribution in [0.1, 0.15) is 54.4 Å². The molecule has 2 aliphatic heterocycles. The van der Waals surface area contributed by atoms with Crippen LogP contribution in [0, 0.1) is 17.2 Å². The number of alkyl halides is 5. The molecule has 3 aromatic rings. The molecule has 1 aromatic heterocycles. The minimum atomic E-state index is -4.75. The normalized spacial score (nSPS) is 21.0. The van der Waals surface area contributed by atoms with Gasteiger partial charge in [0.25, 0.3) is 5.92 Å². The minimum Gasteiger partial charge on any atom is -0.368 e. The molecule has 1 spiro atoms. The number of rotatable bonds is 5. The van der Waals surface area contributed by atoms with Crippen LogP contribution in [-0.2, 0) is 19.3 Å². The monoisotopic (exact) mass is 581 g/mol. The van der Waals surface area contributed by atoms with Crippen LogP contribution < -0.4 is 4.90 Å². The van der Waals surface area contributed by atoms with Gasteiger partial charge in [-0.25, -0.2) is 13.2 Å². The number of nitrogens with zero attached hydrogens (tertiary/aromatic N) is 5. The van der Waals surface area contributed by atoms with E-state index in [1.165, 1.54) is 12.1 Å². The fraction of sp³-hybridized carbons (Fsp3) is 0.500. The molecule has 0 N–H and O–H groups in total.